The van der Waals surface area contributed by atoms with E-state index in [1.807, 2.05) is 30.3 Å². The molecular formula is C13H16NO3-. The summed E-state index contributed by atoms with van der Waals surface area (Å²) in [6, 6.07) is 8.92. The van der Waals surface area contributed by atoms with Gasteiger partial charge >= 0.3 is 0 Å². The molecule has 1 N–H and O–H groups in total. The molecule has 1 aromatic carbocycles. The maximum Gasteiger partial charge on any atom is 0.220 e. The summed E-state index contributed by atoms with van der Waals surface area (Å²) in [4.78, 5) is 21.8. The number of carboxylic acid groups (broad SMARTS) is 1. The third-order valence-electron chi connectivity index (χ3n) is 2.44. The van der Waals surface area contributed by atoms with Crippen molar-refractivity contribution in [2.24, 2.45) is 0 Å². The van der Waals surface area contributed by atoms with Crippen molar-refractivity contribution in [2.75, 3.05) is 0 Å². The molecule has 4 nitrogen and oxygen atoms in total. The van der Waals surface area contributed by atoms with Gasteiger partial charge in [-0.3, -0.25) is 4.79 Å². The van der Waals surface area contributed by atoms with Gasteiger partial charge in [-0.2, -0.15) is 0 Å². The van der Waals surface area contributed by atoms with E-state index in [1.54, 1.807) is 0 Å². The Balaban J connectivity index is 2.23. The number of hydrogen-bond donors (Lipinski definition) is 1. The fourth-order valence-electron chi connectivity index (χ4n) is 1.47. The fraction of sp³-hybridized carbons (Fsp3) is 0.385. The molecule has 0 aromatic heterocycles. The summed E-state index contributed by atoms with van der Waals surface area (Å²) in [5, 5.41) is 12.8. The van der Waals surface area contributed by atoms with E-state index >= 15 is 0 Å². The molecule has 0 aliphatic heterocycles. The predicted molar refractivity (Wildman–Crippen MR) is 62.0 cm³/mol. The minimum Gasteiger partial charge on any atom is -0.548 e. The van der Waals surface area contributed by atoms with Crippen LogP contribution >= 0.6 is 0 Å². The number of amides is 1. The molecule has 4 heteroatoms. The molecule has 0 aliphatic rings. The molecule has 0 aliphatic carbocycles. The lowest BCUT2D eigenvalue weighted by atomic mass is 10.1. The second-order valence-corrected chi connectivity index (χ2v) is 3.95. The first-order valence-corrected chi connectivity index (χ1v) is 5.63. The monoisotopic (exact) mass is 234 g/mol. The number of nitrogens with one attached hydrogen (secondary N) is 1. The van der Waals surface area contributed by atoms with Crippen molar-refractivity contribution in [3.05, 3.63) is 35.9 Å². The maximum atomic E-state index is 11.3. The SMILES string of the molecule is CC(NC(=O)CCCc1ccccc1)C(=O)[O-]. The summed E-state index contributed by atoms with van der Waals surface area (Å²) < 4.78 is 0. The Labute approximate surface area is 101 Å². The molecular weight excluding hydrogens is 218 g/mol. The average molecular weight is 234 g/mol. The van der Waals surface area contributed by atoms with Gasteiger partial charge in [-0.25, -0.2) is 0 Å². The van der Waals surface area contributed by atoms with Crippen LogP contribution in [0.25, 0.3) is 0 Å². The number of carbonyl (C=O) groups is 2. The molecule has 0 fully saturated rings. The van der Waals surface area contributed by atoms with E-state index in [0.717, 1.165) is 6.42 Å². The van der Waals surface area contributed by atoms with E-state index in [9.17, 15) is 14.7 Å². The van der Waals surface area contributed by atoms with Crippen LogP contribution in [0, 0.1) is 0 Å². The molecule has 1 aromatic rings. The summed E-state index contributed by atoms with van der Waals surface area (Å²) in [6.07, 6.45) is 1.84. The first kappa shape index (κ1) is 13.2. The smallest absolute Gasteiger partial charge is 0.220 e. The second kappa shape index (κ2) is 6.68. The van der Waals surface area contributed by atoms with Gasteiger partial charge in [0, 0.05) is 6.42 Å². The van der Waals surface area contributed by atoms with Gasteiger partial charge in [-0.05, 0) is 25.3 Å². The fourth-order valence-corrected chi connectivity index (χ4v) is 1.47. The van der Waals surface area contributed by atoms with Crippen LogP contribution in [0.15, 0.2) is 30.3 Å². The first-order valence-electron chi connectivity index (χ1n) is 5.63. The molecule has 0 bridgehead atoms. The Kier molecular flexibility index (Phi) is 5.20. The van der Waals surface area contributed by atoms with E-state index in [1.165, 1.54) is 12.5 Å². The van der Waals surface area contributed by atoms with Crippen LogP contribution in [0.1, 0.15) is 25.3 Å². The molecule has 1 amide bonds. The van der Waals surface area contributed by atoms with Crippen molar-refractivity contribution in [2.45, 2.75) is 32.2 Å². The van der Waals surface area contributed by atoms with Crippen molar-refractivity contribution in [1.82, 2.24) is 5.32 Å². The molecule has 17 heavy (non-hydrogen) atoms. The lowest BCUT2D eigenvalue weighted by Gasteiger charge is -2.14. The zero-order chi connectivity index (χ0) is 12.7. The molecule has 0 heterocycles. The Morgan fingerprint density at radius 2 is 1.94 bits per heavy atom. The van der Waals surface area contributed by atoms with Gasteiger partial charge < -0.3 is 15.2 Å². The normalized spacial score (nSPS) is 11.8. The molecule has 1 atom stereocenters. The Morgan fingerprint density at radius 1 is 1.29 bits per heavy atom. The Morgan fingerprint density at radius 3 is 2.53 bits per heavy atom. The van der Waals surface area contributed by atoms with E-state index < -0.39 is 12.0 Å². The van der Waals surface area contributed by atoms with Crippen molar-refractivity contribution in [3.63, 3.8) is 0 Å². The van der Waals surface area contributed by atoms with E-state index in [-0.39, 0.29) is 5.91 Å². The highest BCUT2D eigenvalue weighted by atomic mass is 16.4. The van der Waals surface area contributed by atoms with Crippen LogP contribution in [0.5, 0.6) is 0 Å². The highest BCUT2D eigenvalue weighted by molar-refractivity contribution is 5.82. The van der Waals surface area contributed by atoms with Crippen LogP contribution in [0.3, 0.4) is 0 Å². The van der Waals surface area contributed by atoms with Crippen molar-refractivity contribution >= 4 is 11.9 Å². The van der Waals surface area contributed by atoms with Crippen molar-refractivity contribution < 1.29 is 14.7 Å². The number of carboxylic acids is 1. The standard InChI is InChI=1S/C13H17NO3/c1-10(13(16)17)14-12(15)9-5-8-11-6-3-2-4-7-11/h2-4,6-7,10H,5,8-9H2,1H3,(H,14,15)(H,16,17)/p-1. The first-order chi connectivity index (χ1) is 8.09. The second-order valence-electron chi connectivity index (χ2n) is 3.95. The van der Waals surface area contributed by atoms with Crippen molar-refractivity contribution in [1.29, 1.82) is 0 Å². The van der Waals surface area contributed by atoms with Gasteiger partial charge in [0.15, 0.2) is 0 Å². The lowest BCUT2D eigenvalue weighted by Crippen LogP contribution is -2.45. The van der Waals surface area contributed by atoms with Crippen LogP contribution in [0.4, 0.5) is 0 Å². The third-order valence-corrected chi connectivity index (χ3v) is 2.44. The Bertz CT molecular complexity index is 376. The van der Waals surface area contributed by atoms with Crippen LogP contribution < -0.4 is 10.4 Å². The summed E-state index contributed by atoms with van der Waals surface area (Å²) in [6.45, 7) is 1.39. The largest absolute Gasteiger partial charge is 0.548 e. The summed E-state index contributed by atoms with van der Waals surface area (Å²) in [7, 11) is 0. The van der Waals surface area contributed by atoms with Gasteiger partial charge in [0.05, 0.1) is 12.0 Å². The predicted octanol–water partition coefficient (Wildman–Crippen LogP) is 0.264. The van der Waals surface area contributed by atoms with E-state index in [2.05, 4.69) is 5.32 Å². The zero-order valence-corrected chi connectivity index (χ0v) is 9.81. The molecule has 0 spiro atoms. The van der Waals surface area contributed by atoms with Gasteiger partial charge in [-0.1, -0.05) is 30.3 Å². The molecule has 0 radical (unpaired) electrons. The highest BCUT2D eigenvalue weighted by Crippen LogP contribution is 2.04. The van der Waals surface area contributed by atoms with Gasteiger partial charge in [-0.15, -0.1) is 0 Å². The number of hydrogen-bond acceptors (Lipinski definition) is 3. The summed E-state index contributed by atoms with van der Waals surface area (Å²) in [5.41, 5.74) is 1.17. The average Bonchev–Trinajstić information content (AvgIpc) is 2.30. The minimum absolute atomic E-state index is 0.252. The van der Waals surface area contributed by atoms with Crippen molar-refractivity contribution in [3.8, 4) is 0 Å². The van der Waals surface area contributed by atoms with Crippen LogP contribution in [-0.4, -0.2) is 17.9 Å². The molecule has 92 valence electrons. The third kappa shape index (κ3) is 5.15. The van der Waals surface area contributed by atoms with E-state index in [0.29, 0.717) is 12.8 Å². The number of benzene rings is 1. The molecule has 0 saturated heterocycles. The lowest BCUT2D eigenvalue weighted by molar-refractivity contribution is -0.307. The van der Waals surface area contributed by atoms with Crippen LogP contribution in [0.2, 0.25) is 0 Å². The zero-order valence-electron chi connectivity index (χ0n) is 9.81. The Hall–Kier alpha value is -1.84. The highest BCUT2D eigenvalue weighted by Gasteiger charge is 2.07. The molecule has 1 unspecified atom stereocenters. The number of rotatable bonds is 6. The number of aryl methyl sites for hydroxylation is 1. The van der Waals surface area contributed by atoms with E-state index in [4.69, 9.17) is 0 Å². The molecule has 0 saturated carbocycles. The number of carbonyl (C=O) groups excluding carboxylic acids is 2. The topological polar surface area (TPSA) is 69.2 Å². The van der Waals surface area contributed by atoms with Gasteiger partial charge in [0.2, 0.25) is 5.91 Å². The van der Waals surface area contributed by atoms with Gasteiger partial charge in [0.25, 0.3) is 0 Å². The molecule has 1 rings (SSSR count). The van der Waals surface area contributed by atoms with Gasteiger partial charge in [0.1, 0.15) is 0 Å². The summed E-state index contributed by atoms with van der Waals surface area (Å²) in [5.74, 6) is -1.51. The number of aliphatic carboxylic acids is 1. The van der Waals surface area contributed by atoms with Crippen LogP contribution in [-0.2, 0) is 16.0 Å². The summed E-state index contributed by atoms with van der Waals surface area (Å²) >= 11 is 0. The maximum absolute atomic E-state index is 11.3. The minimum atomic E-state index is -1.26. The quantitative estimate of drug-likeness (QED) is 0.767.